The molecule has 20 heavy (non-hydrogen) atoms. The highest BCUT2D eigenvalue weighted by Crippen LogP contribution is 2.25. The molecule has 0 aliphatic carbocycles. The number of carboxylic acids is 1. The zero-order valence-corrected chi connectivity index (χ0v) is 11.0. The van der Waals surface area contributed by atoms with Crippen molar-refractivity contribution in [1.29, 1.82) is 0 Å². The Morgan fingerprint density at radius 2 is 2.10 bits per heavy atom. The summed E-state index contributed by atoms with van der Waals surface area (Å²) in [6.07, 6.45) is 0.861. The van der Waals surface area contributed by atoms with Crippen LogP contribution >= 0.6 is 0 Å². The number of hydrogen-bond acceptors (Lipinski definition) is 3. The van der Waals surface area contributed by atoms with Gasteiger partial charge in [0.15, 0.2) is 0 Å². The van der Waals surface area contributed by atoms with Gasteiger partial charge in [0.2, 0.25) is 0 Å². The van der Waals surface area contributed by atoms with Gasteiger partial charge in [-0.05, 0) is 36.2 Å². The van der Waals surface area contributed by atoms with Crippen molar-refractivity contribution in [3.8, 4) is 0 Å². The predicted molar refractivity (Wildman–Crippen MR) is 76.9 cm³/mol. The largest absolute Gasteiger partial charge is 0.478 e. The predicted octanol–water partition coefficient (Wildman–Crippen LogP) is 3.41. The van der Waals surface area contributed by atoms with Crippen LogP contribution in [-0.2, 0) is 6.42 Å². The summed E-state index contributed by atoms with van der Waals surface area (Å²) in [5, 5.41) is 11.9. The van der Waals surface area contributed by atoms with Gasteiger partial charge in [0.05, 0.1) is 11.3 Å². The molecule has 0 saturated carbocycles. The molecule has 0 heterocycles. The highest BCUT2D eigenvalue weighted by atomic mass is 19.1. The fourth-order valence-electron chi connectivity index (χ4n) is 1.89. The minimum Gasteiger partial charge on any atom is -0.478 e. The Labute approximate surface area is 116 Å². The number of nitrogen functional groups attached to an aromatic ring is 1. The normalized spacial score (nSPS) is 10.3. The van der Waals surface area contributed by atoms with Crippen LogP contribution in [0, 0.1) is 5.82 Å². The molecule has 0 unspecified atom stereocenters. The Kier molecular flexibility index (Phi) is 3.89. The van der Waals surface area contributed by atoms with E-state index in [0.717, 1.165) is 18.1 Å². The van der Waals surface area contributed by atoms with Crippen LogP contribution in [0.4, 0.5) is 21.5 Å². The average Bonchev–Trinajstić information content (AvgIpc) is 2.41. The SMILES string of the molecule is CCc1cccc(Nc2cc(C(=O)O)c(N)cc2F)c1. The second kappa shape index (κ2) is 5.61. The van der Waals surface area contributed by atoms with Gasteiger partial charge in [-0.25, -0.2) is 9.18 Å². The molecule has 0 aliphatic rings. The van der Waals surface area contributed by atoms with E-state index in [2.05, 4.69) is 5.32 Å². The maximum atomic E-state index is 13.8. The molecule has 0 radical (unpaired) electrons. The standard InChI is InChI=1S/C15H15FN2O2/c1-2-9-4-3-5-10(6-9)18-14-7-11(15(19)20)13(17)8-12(14)16/h3-8,18H,2,17H2,1H3,(H,19,20). The Hall–Kier alpha value is -2.56. The van der Waals surface area contributed by atoms with E-state index in [0.29, 0.717) is 5.69 Å². The Morgan fingerprint density at radius 3 is 2.75 bits per heavy atom. The minimum atomic E-state index is -1.19. The molecule has 2 aromatic carbocycles. The summed E-state index contributed by atoms with van der Waals surface area (Å²) in [4.78, 5) is 11.0. The second-order valence-electron chi connectivity index (χ2n) is 4.40. The van der Waals surface area contributed by atoms with Crippen molar-refractivity contribution in [1.82, 2.24) is 0 Å². The Bertz CT molecular complexity index is 656. The molecule has 0 fully saturated rings. The van der Waals surface area contributed by atoms with Crippen LogP contribution in [0.2, 0.25) is 0 Å². The van der Waals surface area contributed by atoms with Crippen molar-refractivity contribution in [2.75, 3.05) is 11.1 Å². The van der Waals surface area contributed by atoms with Gasteiger partial charge in [-0.3, -0.25) is 0 Å². The summed E-state index contributed by atoms with van der Waals surface area (Å²) < 4.78 is 13.8. The summed E-state index contributed by atoms with van der Waals surface area (Å²) in [7, 11) is 0. The van der Waals surface area contributed by atoms with Gasteiger partial charge in [0.1, 0.15) is 5.82 Å². The van der Waals surface area contributed by atoms with Crippen molar-refractivity contribution in [3.05, 3.63) is 53.3 Å². The first kappa shape index (κ1) is 13.9. The minimum absolute atomic E-state index is 0.0878. The molecule has 104 valence electrons. The molecule has 0 saturated heterocycles. The first-order valence-electron chi connectivity index (χ1n) is 6.19. The number of rotatable bonds is 4. The van der Waals surface area contributed by atoms with Gasteiger partial charge in [0.25, 0.3) is 0 Å². The topological polar surface area (TPSA) is 75.3 Å². The van der Waals surface area contributed by atoms with Gasteiger partial charge in [0, 0.05) is 11.4 Å². The molecular formula is C15H15FN2O2. The number of nitrogens with one attached hydrogen (secondary N) is 1. The van der Waals surface area contributed by atoms with Crippen LogP contribution in [-0.4, -0.2) is 11.1 Å². The highest BCUT2D eigenvalue weighted by Gasteiger charge is 2.13. The number of carboxylic acid groups (broad SMARTS) is 1. The number of anilines is 3. The lowest BCUT2D eigenvalue weighted by Crippen LogP contribution is -2.05. The van der Waals surface area contributed by atoms with E-state index in [-0.39, 0.29) is 16.9 Å². The number of hydrogen-bond donors (Lipinski definition) is 3. The molecule has 0 amide bonds. The van der Waals surface area contributed by atoms with E-state index in [4.69, 9.17) is 10.8 Å². The van der Waals surface area contributed by atoms with Gasteiger partial charge < -0.3 is 16.2 Å². The van der Waals surface area contributed by atoms with Crippen LogP contribution in [0.15, 0.2) is 36.4 Å². The first-order chi connectivity index (χ1) is 9.51. The molecule has 4 N–H and O–H groups in total. The third-order valence-electron chi connectivity index (χ3n) is 2.98. The molecule has 4 nitrogen and oxygen atoms in total. The van der Waals surface area contributed by atoms with E-state index < -0.39 is 11.8 Å². The van der Waals surface area contributed by atoms with Crippen molar-refractivity contribution in [2.45, 2.75) is 13.3 Å². The quantitative estimate of drug-likeness (QED) is 0.747. The van der Waals surface area contributed by atoms with Crippen LogP contribution in [0.25, 0.3) is 0 Å². The summed E-state index contributed by atoms with van der Waals surface area (Å²) in [5.74, 6) is -1.78. The van der Waals surface area contributed by atoms with Crippen molar-refractivity contribution in [3.63, 3.8) is 0 Å². The first-order valence-corrected chi connectivity index (χ1v) is 6.19. The van der Waals surface area contributed by atoms with E-state index in [1.807, 2.05) is 25.1 Å². The summed E-state index contributed by atoms with van der Waals surface area (Å²) in [5.41, 5.74) is 7.15. The lowest BCUT2D eigenvalue weighted by Gasteiger charge is -2.11. The number of aryl methyl sites for hydroxylation is 1. The maximum absolute atomic E-state index is 13.8. The van der Waals surface area contributed by atoms with Crippen LogP contribution < -0.4 is 11.1 Å². The zero-order valence-electron chi connectivity index (χ0n) is 11.0. The summed E-state index contributed by atoms with van der Waals surface area (Å²) in [6.45, 7) is 2.02. The number of benzene rings is 2. The smallest absolute Gasteiger partial charge is 0.337 e. The molecule has 0 atom stereocenters. The highest BCUT2D eigenvalue weighted by molar-refractivity contribution is 5.95. The summed E-state index contributed by atoms with van der Waals surface area (Å²) >= 11 is 0. The van der Waals surface area contributed by atoms with E-state index in [1.54, 1.807) is 6.07 Å². The van der Waals surface area contributed by atoms with Crippen molar-refractivity contribution in [2.24, 2.45) is 0 Å². The molecule has 0 spiro atoms. The van der Waals surface area contributed by atoms with E-state index in [1.165, 1.54) is 6.07 Å². The third-order valence-corrected chi connectivity index (χ3v) is 2.98. The lowest BCUT2D eigenvalue weighted by molar-refractivity contribution is 0.0698. The van der Waals surface area contributed by atoms with Crippen molar-refractivity contribution >= 4 is 23.0 Å². The fraction of sp³-hybridized carbons (Fsp3) is 0.133. The van der Waals surface area contributed by atoms with Gasteiger partial charge in [-0.1, -0.05) is 19.1 Å². The molecule has 0 aromatic heterocycles. The van der Waals surface area contributed by atoms with Gasteiger partial charge in [-0.2, -0.15) is 0 Å². The number of nitrogens with two attached hydrogens (primary N) is 1. The monoisotopic (exact) mass is 274 g/mol. The van der Waals surface area contributed by atoms with Crippen LogP contribution in [0.1, 0.15) is 22.8 Å². The summed E-state index contributed by atoms with van der Waals surface area (Å²) in [6, 6.07) is 9.70. The molecule has 5 heteroatoms. The molecule has 2 aromatic rings. The van der Waals surface area contributed by atoms with Crippen LogP contribution in [0.3, 0.4) is 0 Å². The lowest BCUT2D eigenvalue weighted by atomic mass is 10.1. The molecular weight excluding hydrogens is 259 g/mol. The number of carbonyl (C=O) groups is 1. The molecule has 0 aliphatic heterocycles. The van der Waals surface area contributed by atoms with Crippen molar-refractivity contribution < 1.29 is 14.3 Å². The van der Waals surface area contributed by atoms with E-state index >= 15 is 0 Å². The second-order valence-corrected chi connectivity index (χ2v) is 4.40. The van der Waals surface area contributed by atoms with Gasteiger partial charge >= 0.3 is 5.97 Å². The van der Waals surface area contributed by atoms with Gasteiger partial charge in [-0.15, -0.1) is 0 Å². The molecule has 2 rings (SSSR count). The zero-order chi connectivity index (χ0) is 14.7. The van der Waals surface area contributed by atoms with E-state index in [9.17, 15) is 9.18 Å². The Morgan fingerprint density at radius 1 is 1.35 bits per heavy atom. The molecule has 0 bridgehead atoms. The number of aromatic carboxylic acids is 1. The fourth-order valence-corrected chi connectivity index (χ4v) is 1.89. The average molecular weight is 274 g/mol. The number of halogens is 1. The van der Waals surface area contributed by atoms with Crippen LogP contribution in [0.5, 0.6) is 0 Å². The third kappa shape index (κ3) is 2.88. The Balaban J connectivity index is 2.37. The maximum Gasteiger partial charge on any atom is 0.337 e.